The molecule has 0 saturated heterocycles. The Bertz CT molecular complexity index is 2270. The molecule has 3 aromatic rings. The molecule has 30 nitrogen and oxygen atoms in total. The Morgan fingerprint density at radius 2 is 0.553 bits per heavy atom. The van der Waals surface area contributed by atoms with Crippen LogP contribution < -0.4 is 5.73 Å². The predicted octanol–water partition coefficient (Wildman–Crippen LogP) is 5.85. The van der Waals surface area contributed by atoms with Crippen LogP contribution in [0.1, 0.15) is 71.0 Å². The van der Waals surface area contributed by atoms with Gasteiger partial charge in [-0.1, -0.05) is 50.8 Å². The van der Waals surface area contributed by atoms with Crippen molar-refractivity contribution in [3.63, 3.8) is 0 Å². The lowest BCUT2D eigenvalue weighted by molar-refractivity contribution is -0.118. The van der Waals surface area contributed by atoms with E-state index in [0.717, 1.165) is 85.9 Å². The number of pyridine rings is 1. The fourth-order valence-electron chi connectivity index (χ4n) is 9.27. The fourth-order valence-corrected chi connectivity index (χ4v) is 9.27. The van der Waals surface area contributed by atoms with Gasteiger partial charge in [-0.15, -0.1) is 0 Å². The summed E-state index contributed by atoms with van der Waals surface area (Å²) in [5, 5.41) is 1.12. The molecule has 0 spiro atoms. The second kappa shape index (κ2) is 75.4. The summed E-state index contributed by atoms with van der Waals surface area (Å²) in [6.07, 6.45) is 9.25. The van der Waals surface area contributed by atoms with Crippen molar-refractivity contribution in [1.29, 1.82) is 0 Å². The first-order valence-corrected chi connectivity index (χ1v) is 37.6. The van der Waals surface area contributed by atoms with Gasteiger partial charge >= 0.3 is 0 Å². The van der Waals surface area contributed by atoms with Crippen LogP contribution in [-0.2, 0) is 136 Å². The highest BCUT2D eigenvalue weighted by Gasteiger charge is 2.17. The molecule has 30 heteroatoms. The maximum absolute atomic E-state index is 10.8. The third-order valence-electron chi connectivity index (χ3n) is 14.6. The second-order valence-electron chi connectivity index (χ2n) is 23.0. The normalized spacial score (nSPS) is 11.9. The van der Waals surface area contributed by atoms with Crippen molar-refractivity contribution in [2.24, 2.45) is 0 Å². The first-order chi connectivity index (χ1) is 51.1. The molecule has 0 aliphatic heterocycles. The number of hydrogen-bond donors (Lipinski definition) is 1. The molecule has 0 aliphatic rings. The minimum Gasteiger partial charge on any atom is -0.382 e. The van der Waals surface area contributed by atoms with E-state index in [1.165, 1.54) is 6.42 Å². The molecule has 0 radical (unpaired) electrons. The van der Waals surface area contributed by atoms with Gasteiger partial charge in [0, 0.05) is 31.4 Å². The largest absolute Gasteiger partial charge is 0.382 e. The molecule has 0 atom stereocenters. The molecule has 103 heavy (non-hydrogen) atoms. The van der Waals surface area contributed by atoms with Gasteiger partial charge in [0.2, 0.25) is 0 Å². The number of carbonyl (C=O) groups excluding carboxylic acids is 1. The second-order valence-corrected chi connectivity index (χ2v) is 23.0. The van der Waals surface area contributed by atoms with E-state index in [1.54, 1.807) is 6.92 Å². The Balaban J connectivity index is 0.858. The highest BCUT2D eigenvalue weighted by atomic mass is 16.6. The fraction of sp³-hybridized carbons (Fsp3) is 0.849. The minimum absolute atomic E-state index is 0.120. The van der Waals surface area contributed by atoms with Gasteiger partial charge < -0.3 is 129 Å². The van der Waals surface area contributed by atoms with Gasteiger partial charge in [-0.05, 0) is 32.3 Å². The van der Waals surface area contributed by atoms with E-state index in [2.05, 4.69) is 28.6 Å². The quantitative estimate of drug-likeness (QED) is 0.0648. The molecule has 0 bridgehead atoms. The summed E-state index contributed by atoms with van der Waals surface area (Å²) >= 11 is 0. The summed E-state index contributed by atoms with van der Waals surface area (Å²) in [5.74, 6) is 1.75. The van der Waals surface area contributed by atoms with Gasteiger partial charge in [0.25, 0.3) is 0 Å². The highest BCUT2D eigenvalue weighted by Crippen LogP contribution is 2.30. The molecule has 0 aliphatic carbocycles. The number of para-hydroxylation sites is 1. The van der Waals surface area contributed by atoms with Crippen molar-refractivity contribution < 1.29 is 123 Å². The smallest absolute Gasteiger partial charge is 0.152 e. The minimum atomic E-state index is 0.120. The first-order valence-electron chi connectivity index (χ1n) is 37.6. The summed E-state index contributed by atoms with van der Waals surface area (Å²) in [7, 11) is 0. The Hall–Kier alpha value is -3.43. The molecule has 0 fully saturated rings. The van der Waals surface area contributed by atoms with Crippen LogP contribution in [-0.4, -0.2) is 351 Å². The van der Waals surface area contributed by atoms with Gasteiger partial charge in [-0.3, -0.25) is 4.79 Å². The van der Waals surface area contributed by atoms with Crippen LogP contribution in [0, 0.1) is 0 Å². The number of fused-ring (bicyclic) bond motifs is 3. The van der Waals surface area contributed by atoms with Crippen LogP contribution in [0.3, 0.4) is 0 Å². The van der Waals surface area contributed by atoms with Gasteiger partial charge in [0.1, 0.15) is 17.1 Å². The number of aryl methyl sites for hydroxylation is 2. The molecule has 3 rings (SSSR count). The number of aromatic nitrogens is 3. The summed E-state index contributed by atoms with van der Waals surface area (Å²) in [6.45, 7) is 29.4. The summed E-state index contributed by atoms with van der Waals surface area (Å²) in [5.41, 5.74) is 9.24. The van der Waals surface area contributed by atoms with E-state index in [0.29, 0.717) is 336 Å². The summed E-state index contributed by atoms with van der Waals surface area (Å²) < 4.78 is 141. The number of unbranched alkanes of at least 4 members (excludes halogenated alkanes) is 5. The Labute approximate surface area is 613 Å². The predicted molar refractivity (Wildman–Crippen MR) is 387 cm³/mol. The maximum Gasteiger partial charge on any atom is 0.152 e. The first kappa shape index (κ1) is 93.8. The topological polar surface area (TPSA) is 305 Å². The number of nitrogen functional groups attached to an aromatic ring is 1. The Morgan fingerprint density at radius 3 is 0.825 bits per heavy atom. The number of Topliss-reactive ketones (excluding diaryl/α,β-unsaturated/α-hetero) is 1. The SMILES string of the molecule is CCCCc1nc2c(N)nc3ccccc3c2n1CCCCCCCOCCOCCOCCOCCOCCOCCOCCOCCOCCOCCOCCOCCOCCOCCOCCOCCOCCOCCOCCOCCOCCOCCOCCOCCOCCC(C)=O. The third-order valence-corrected chi connectivity index (χ3v) is 14.6. The number of ether oxygens (including phenoxy) is 25. The van der Waals surface area contributed by atoms with E-state index in [-0.39, 0.29) is 5.78 Å². The van der Waals surface area contributed by atoms with E-state index < -0.39 is 0 Å². The van der Waals surface area contributed by atoms with Crippen LogP contribution in [0.25, 0.3) is 21.9 Å². The lowest BCUT2D eigenvalue weighted by atomic mass is 10.1. The van der Waals surface area contributed by atoms with Crippen LogP contribution in [0.4, 0.5) is 5.82 Å². The van der Waals surface area contributed by atoms with Crippen LogP contribution in [0.2, 0.25) is 0 Å². The van der Waals surface area contributed by atoms with Crippen molar-refractivity contribution >= 4 is 33.5 Å². The van der Waals surface area contributed by atoms with Gasteiger partial charge in [0.15, 0.2) is 5.82 Å². The maximum atomic E-state index is 10.8. The van der Waals surface area contributed by atoms with E-state index in [1.807, 2.05) is 12.1 Å². The van der Waals surface area contributed by atoms with Gasteiger partial charge in [0.05, 0.1) is 335 Å². The number of rotatable bonds is 86. The number of anilines is 1. The van der Waals surface area contributed by atoms with E-state index in [9.17, 15) is 4.79 Å². The van der Waals surface area contributed by atoms with Crippen LogP contribution in [0.5, 0.6) is 0 Å². The number of nitrogens with two attached hydrogens (primary N) is 1. The van der Waals surface area contributed by atoms with Gasteiger partial charge in [-0.2, -0.15) is 0 Å². The highest BCUT2D eigenvalue weighted by molar-refractivity contribution is 6.06. The molecule has 2 N–H and O–H groups in total. The number of benzene rings is 1. The summed E-state index contributed by atoms with van der Waals surface area (Å²) in [4.78, 5) is 20.4. The molecular formula is C73H132N4O26. The molecule has 2 aromatic heterocycles. The number of ketones is 1. The van der Waals surface area contributed by atoms with Crippen molar-refractivity contribution in [2.45, 2.75) is 78.2 Å². The zero-order valence-corrected chi connectivity index (χ0v) is 62.8. The molecule has 2 heterocycles. The van der Waals surface area contributed by atoms with Crippen LogP contribution >= 0.6 is 0 Å². The molecule has 0 unspecified atom stereocenters. The average Bonchev–Trinajstić information content (AvgIpc) is 1.63. The van der Waals surface area contributed by atoms with Crippen molar-refractivity contribution in [2.75, 3.05) is 336 Å². The molecule has 600 valence electrons. The molecule has 0 amide bonds. The Kier molecular flexibility index (Phi) is 68.6. The van der Waals surface area contributed by atoms with E-state index in [4.69, 9.17) is 129 Å². The third kappa shape index (κ3) is 59.2. The monoisotopic (exact) mass is 1480 g/mol. The summed E-state index contributed by atoms with van der Waals surface area (Å²) in [6, 6.07) is 8.22. The van der Waals surface area contributed by atoms with Crippen molar-refractivity contribution in [3.05, 3.63) is 30.1 Å². The van der Waals surface area contributed by atoms with Crippen LogP contribution in [0.15, 0.2) is 24.3 Å². The zero-order valence-electron chi connectivity index (χ0n) is 62.8. The van der Waals surface area contributed by atoms with Gasteiger partial charge in [-0.25, -0.2) is 9.97 Å². The molecular weight excluding hydrogens is 1350 g/mol. The van der Waals surface area contributed by atoms with E-state index >= 15 is 0 Å². The molecule has 1 aromatic carbocycles. The number of carbonyl (C=O) groups is 1. The lowest BCUT2D eigenvalue weighted by Gasteiger charge is -2.11. The Morgan fingerprint density at radius 1 is 0.311 bits per heavy atom. The number of hydrogen-bond acceptors (Lipinski definition) is 29. The average molecular weight is 1480 g/mol. The van der Waals surface area contributed by atoms with Crippen molar-refractivity contribution in [1.82, 2.24) is 14.5 Å². The zero-order chi connectivity index (χ0) is 73.0. The standard InChI is InChI=1S/C73H132N4O26/c1-3-4-14-70-76-71-72(68-12-8-9-13-69(68)75-73(71)74)77(70)16-10-6-5-7-11-17-79-19-21-81-23-25-83-27-29-85-31-33-87-35-37-89-39-41-91-43-45-93-47-49-95-51-53-97-55-57-99-59-61-101-63-65-103-66-64-102-62-60-100-58-56-98-54-52-96-50-48-94-46-44-92-42-40-90-38-36-88-34-32-86-30-28-84-26-24-82-22-20-80-18-15-67(2)78/h8-9,12-13H,3-7,10-11,14-66H2,1-2H3,(H2,74,75). The molecule has 0 saturated carbocycles. The number of imidazole rings is 1. The lowest BCUT2D eigenvalue weighted by Crippen LogP contribution is -2.16. The van der Waals surface area contributed by atoms with Crippen molar-refractivity contribution in [3.8, 4) is 0 Å². The number of nitrogens with zero attached hydrogens (tertiary/aromatic N) is 3.